The molecule has 1 aliphatic heterocycles. The molecular formula is C12H24N2O2. The van der Waals surface area contributed by atoms with Crippen molar-refractivity contribution in [1.82, 2.24) is 10.2 Å². The van der Waals surface area contributed by atoms with E-state index < -0.39 is 5.60 Å². The first-order valence-electron chi connectivity index (χ1n) is 6.03. The second-order valence-electron chi connectivity index (χ2n) is 4.92. The topological polar surface area (TPSA) is 41.6 Å². The lowest BCUT2D eigenvalue weighted by Gasteiger charge is -2.39. The summed E-state index contributed by atoms with van der Waals surface area (Å²) in [5.74, 6) is 0.106. The molecule has 1 N–H and O–H groups in total. The number of hydrogen-bond donors (Lipinski definition) is 1. The van der Waals surface area contributed by atoms with E-state index in [0.717, 1.165) is 25.9 Å². The van der Waals surface area contributed by atoms with Crippen molar-refractivity contribution in [2.75, 3.05) is 27.2 Å². The third kappa shape index (κ3) is 2.95. The Hall–Kier alpha value is -0.610. The van der Waals surface area contributed by atoms with Crippen molar-refractivity contribution in [2.24, 2.45) is 0 Å². The number of ether oxygens (including phenoxy) is 1. The molecule has 0 bridgehead atoms. The summed E-state index contributed by atoms with van der Waals surface area (Å²) in [5, 5.41) is 3.16. The Bertz CT molecular complexity index is 239. The maximum absolute atomic E-state index is 12.3. The average Bonchev–Trinajstić information content (AvgIpc) is 2.29. The zero-order valence-corrected chi connectivity index (χ0v) is 10.9. The van der Waals surface area contributed by atoms with Crippen molar-refractivity contribution in [3.05, 3.63) is 0 Å². The maximum Gasteiger partial charge on any atom is 0.254 e. The molecule has 0 aromatic heterocycles. The fourth-order valence-corrected chi connectivity index (χ4v) is 2.15. The van der Waals surface area contributed by atoms with Gasteiger partial charge in [-0.05, 0) is 40.2 Å². The number of piperidine rings is 1. The third-order valence-electron chi connectivity index (χ3n) is 3.35. The van der Waals surface area contributed by atoms with Crippen molar-refractivity contribution in [1.29, 1.82) is 0 Å². The molecule has 4 nitrogen and oxygen atoms in total. The lowest BCUT2D eigenvalue weighted by atomic mass is 9.98. The van der Waals surface area contributed by atoms with E-state index in [-0.39, 0.29) is 5.91 Å². The molecule has 1 aliphatic rings. The molecule has 1 heterocycles. The van der Waals surface area contributed by atoms with Gasteiger partial charge in [-0.2, -0.15) is 0 Å². The van der Waals surface area contributed by atoms with E-state index in [1.807, 2.05) is 25.8 Å². The Morgan fingerprint density at radius 1 is 1.50 bits per heavy atom. The summed E-state index contributed by atoms with van der Waals surface area (Å²) in [6.45, 7) is 5.39. The Labute approximate surface area is 98.3 Å². The predicted octanol–water partition coefficient (Wildman–Crippen LogP) is 1.01. The van der Waals surface area contributed by atoms with Crippen molar-refractivity contribution >= 4 is 5.91 Å². The van der Waals surface area contributed by atoms with E-state index in [2.05, 4.69) is 5.32 Å². The third-order valence-corrected chi connectivity index (χ3v) is 3.35. The molecule has 94 valence electrons. The number of amides is 1. The maximum atomic E-state index is 12.3. The Balaban J connectivity index is 2.71. The van der Waals surface area contributed by atoms with E-state index in [1.54, 1.807) is 7.11 Å². The van der Waals surface area contributed by atoms with Gasteiger partial charge in [0.05, 0.1) is 0 Å². The number of methoxy groups -OCH3 is 1. The Kier molecular flexibility index (Phi) is 4.74. The van der Waals surface area contributed by atoms with Gasteiger partial charge in [-0.15, -0.1) is 0 Å². The van der Waals surface area contributed by atoms with Crippen LogP contribution in [0.1, 0.15) is 33.1 Å². The molecule has 0 aliphatic carbocycles. The summed E-state index contributed by atoms with van der Waals surface area (Å²) in [6, 6.07) is 0.320. The number of likely N-dealkylation sites (N-methyl/N-ethyl adjacent to an activating group) is 1. The zero-order valence-electron chi connectivity index (χ0n) is 10.9. The molecule has 1 rings (SSSR count). The van der Waals surface area contributed by atoms with E-state index in [1.165, 1.54) is 6.42 Å². The van der Waals surface area contributed by atoms with Crippen LogP contribution in [0, 0.1) is 0 Å². The van der Waals surface area contributed by atoms with Gasteiger partial charge in [-0.3, -0.25) is 4.79 Å². The van der Waals surface area contributed by atoms with Crippen LogP contribution in [-0.4, -0.2) is 49.7 Å². The van der Waals surface area contributed by atoms with Gasteiger partial charge in [-0.25, -0.2) is 0 Å². The molecule has 4 heteroatoms. The summed E-state index contributed by atoms with van der Waals surface area (Å²) in [4.78, 5) is 14.3. The predicted molar refractivity (Wildman–Crippen MR) is 64.4 cm³/mol. The van der Waals surface area contributed by atoms with Gasteiger partial charge in [0.25, 0.3) is 5.91 Å². The van der Waals surface area contributed by atoms with Crippen LogP contribution in [0.5, 0.6) is 0 Å². The molecule has 0 radical (unpaired) electrons. The average molecular weight is 228 g/mol. The standard InChI is InChI=1S/C12H24N2O2/c1-12(2,16-4)11(15)14-8-6-5-7-10(14)9-13-3/h10,13H,5-9H2,1-4H3. The van der Waals surface area contributed by atoms with Gasteiger partial charge >= 0.3 is 0 Å². The van der Waals surface area contributed by atoms with Gasteiger partial charge in [-0.1, -0.05) is 0 Å². The number of rotatable bonds is 4. The van der Waals surface area contributed by atoms with Crippen molar-refractivity contribution in [2.45, 2.75) is 44.8 Å². The molecule has 0 aromatic rings. The molecule has 1 fully saturated rings. The van der Waals surface area contributed by atoms with Gasteiger partial charge in [0, 0.05) is 26.2 Å². The lowest BCUT2D eigenvalue weighted by Crippen LogP contribution is -2.54. The first-order chi connectivity index (χ1) is 7.53. The fourth-order valence-electron chi connectivity index (χ4n) is 2.15. The first-order valence-corrected chi connectivity index (χ1v) is 6.03. The highest BCUT2D eigenvalue weighted by Crippen LogP contribution is 2.21. The van der Waals surface area contributed by atoms with Gasteiger partial charge in [0.1, 0.15) is 5.60 Å². The van der Waals surface area contributed by atoms with Crippen molar-refractivity contribution in [3.63, 3.8) is 0 Å². The normalized spacial score (nSPS) is 22.2. The SMILES string of the molecule is CNCC1CCCCN1C(=O)C(C)(C)OC. The van der Waals surface area contributed by atoms with Crippen LogP contribution in [0.2, 0.25) is 0 Å². The Morgan fingerprint density at radius 3 is 2.75 bits per heavy atom. The Morgan fingerprint density at radius 2 is 2.19 bits per heavy atom. The van der Waals surface area contributed by atoms with Crippen molar-refractivity contribution in [3.8, 4) is 0 Å². The zero-order chi connectivity index (χ0) is 12.2. The summed E-state index contributed by atoms with van der Waals surface area (Å²) in [5.41, 5.74) is -0.705. The fraction of sp³-hybridized carbons (Fsp3) is 0.917. The summed E-state index contributed by atoms with van der Waals surface area (Å²) in [6.07, 6.45) is 3.40. The van der Waals surface area contributed by atoms with Crippen LogP contribution in [-0.2, 0) is 9.53 Å². The number of nitrogens with zero attached hydrogens (tertiary/aromatic N) is 1. The van der Waals surface area contributed by atoms with Gasteiger partial charge in [0.15, 0.2) is 0 Å². The number of likely N-dealkylation sites (tertiary alicyclic amines) is 1. The molecule has 0 spiro atoms. The summed E-state index contributed by atoms with van der Waals surface area (Å²) in [7, 11) is 3.52. The minimum absolute atomic E-state index is 0.106. The van der Waals surface area contributed by atoms with Crippen LogP contribution in [0.4, 0.5) is 0 Å². The second kappa shape index (κ2) is 5.64. The van der Waals surface area contributed by atoms with Crippen molar-refractivity contribution < 1.29 is 9.53 Å². The van der Waals surface area contributed by atoms with Crippen LogP contribution in [0.3, 0.4) is 0 Å². The highest BCUT2D eigenvalue weighted by Gasteiger charge is 2.36. The molecule has 1 unspecified atom stereocenters. The summed E-state index contributed by atoms with van der Waals surface area (Å²) < 4.78 is 5.27. The molecule has 1 amide bonds. The molecule has 16 heavy (non-hydrogen) atoms. The second-order valence-corrected chi connectivity index (χ2v) is 4.92. The first kappa shape index (κ1) is 13.5. The quantitative estimate of drug-likeness (QED) is 0.781. The molecular weight excluding hydrogens is 204 g/mol. The molecule has 0 aromatic carbocycles. The van der Waals surface area contributed by atoms with Crippen LogP contribution < -0.4 is 5.32 Å². The van der Waals surface area contributed by atoms with Crippen LogP contribution in [0.15, 0.2) is 0 Å². The smallest absolute Gasteiger partial charge is 0.254 e. The molecule has 1 atom stereocenters. The minimum atomic E-state index is -0.705. The minimum Gasteiger partial charge on any atom is -0.369 e. The number of hydrogen-bond acceptors (Lipinski definition) is 3. The number of nitrogens with one attached hydrogen (secondary N) is 1. The van der Waals surface area contributed by atoms with Gasteiger partial charge in [0.2, 0.25) is 0 Å². The van der Waals surface area contributed by atoms with E-state index in [4.69, 9.17) is 4.74 Å². The van der Waals surface area contributed by atoms with Gasteiger partial charge < -0.3 is 15.0 Å². The molecule has 1 saturated heterocycles. The number of carbonyl (C=O) groups excluding carboxylic acids is 1. The monoisotopic (exact) mass is 228 g/mol. The highest BCUT2D eigenvalue weighted by atomic mass is 16.5. The van der Waals surface area contributed by atoms with E-state index in [9.17, 15) is 4.79 Å². The van der Waals surface area contributed by atoms with Crippen LogP contribution >= 0.6 is 0 Å². The summed E-state index contributed by atoms with van der Waals surface area (Å²) >= 11 is 0. The molecule has 0 saturated carbocycles. The van der Waals surface area contributed by atoms with Crippen LogP contribution in [0.25, 0.3) is 0 Å². The van der Waals surface area contributed by atoms with E-state index >= 15 is 0 Å². The lowest BCUT2D eigenvalue weighted by molar-refractivity contribution is -0.154. The largest absolute Gasteiger partial charge is 0.369 e. The highest BCUT2D eigenvalue weighted by molar-refractivity contribution is 5.84. The number of carbonyl (C=O) groups is 1. The van der Waals surface area contributed by atoms with E-state index in [0.29, 0.717) is 6.04 Å².